The van der Waals surface area contributed by atoms with Crippen molar-refractivity contribution in [2.75, 3.05) is 38.2 Å². The first-order valence-electron chi connectivity index (χ1n) is 12.3. The summed E-state index contributed by atoms with van der Waals surface area (Å²) in [7, 11) is 0. The Kier molecular flexibility index (Phi) is 7.16. The van der Waals surface area contributed by atoms with Gasteiger partial charge in [0, 0.05) is 40.8 Å². The van der Waals surface area contributed by atoms with E-state index in [1.54, 1.807) is 0 Å². The zero-order chi connectivity index (χ0) is 25.3. The van der Waals surface area contributed by atoms with E-state index in [1.165, 1.54) is 0 Å². The number of carbonyl (C=O) groups excluding carboxylic acids is 1. The van der Waals surface area contributed by atoms with Crippen LogP contribution in [0.3, 0.4) is 0 Å². The van der Waals surface area contributed by atoms with Gasteiger partial charge in [0.2, 0.25) is 0 Å². The van der Waals surface area contributed by atoms with E-state index in [-0.39, 0.29) is 11.8 Å². The Morgan fingerprint density at radius 3 is 2.56 bits per heavy atom. The van der Waals surface area contributed by atoms with Gasteiger partial charge in [0.25, 0.3) is 5.91 Å². The average molecular weight is 525 g/mol. The molecule has 2 aliphatic heterocycles. The zero-order valence-electron chi connectivity index (χ0n) is 20.5. The summed E-state index contributed by atoms with van der Waals surface area (Å²) in [5, 5.41) is 4.83. The summed E-state index contributed by atoms with van der Waals surface area (Å²) in [6, 6.07) is 19.5. The van der Waals surface area contributed by atoms with Crippen molar-refractivity contribution in [1.29, 1.82) is 0 Å². The largest absolute Gasteiger partial charge is 0.479 e. The van der Waals surface area contributed by atoms with Crippen LogP contribution < -0.4 is 10.1 Å². The van der Waals surface area contributed by atoms with Gasteiger partial charge in [0.1, 0.15) is 5.75 Å². The monoisotopic (exact) mass is 524 g/mol. The number of morpholine rings is 1. The Balaban J connectivity index is 1.62. The second kappa shape index (κ2) is 10.3. The van der Waals surface area contributed by atoms with E-state index in [1.807, 2.05) is 59.5 Å². The number of carbonyl (C=O) groups is 1. The first-order valence-corrected chi connectivity index (χ1v) is 13.1. The van der Waals surface area contributed by atoms with Crippen LogP contribution in [0.4, 0.5) is 5.69 Å². The van der Waals surface area contributed by atoms with Crippen molar-refractivity contribution in [3.8, 4) is 5.75 Å². The van der Waals surface area contributed by atoms with Gasteiger partial charge in [-0.05, 0) is 47.4 Å². The van der Waals surface area contributed by atoms with Crippen molar-refractivity contribution in [1.82, 2.24) is 4.90 Å². The second-order valence-corrected chi connectivity index (χ2v) is 10.6. The number of hydrogen-bond donors (Lipinski definition) is 1. The average Bonchev–Trinajstić information content (AvgIpc) is 3.21. The number of benzene rings is 3. The fourth-order valence-corrected chi connectivity index (χ4v) is 5.46. The fourth-order valence-electron chi connectivity index (χ4n) is 5.08. The molecule has 1 fully saturated rings. The van der Waals surface area contributed by atoms with Crippen molar-refractivity contribution >= 4 is 34.8 Å². The van der Waals surface area contributed by atoms with Gasteiger partial charge in [-0.1, -0.05) is 67.4 Å². The molecule has 1 unspecified atom stereocenters. The molecule has 188 valence electrons. The van der Waals surface area contributed by atoms with Crippen LogP contribution >= 0.6 is 23.2 Å². The van der Waals surface area contributed by atoms with Crippen LogP contribution in [-0.2, 0) is 16.8 Å². The van der Waals surface area contributed by atoms with E-state index in [4.69, 9.17) is 32.7 Å². The molecule has 0 aromatic heterocycles. The number of hydrogen-bond acceptors (Lipinski definition) is 4. The molecule has 1 N–H and O–H groups in total. The summed E-state index contributed by atoms with van der Waals surface area (Å²) in [5.41, 5.74) is 3.83. The minimum absolute atomic E-state index is 0.0315. The summed E-state index contributed by atoms with van der Waals surface area (Å²) >= 11 is 12.7. The van der Waals surface area contributed by atoms with E-state index in [9.17, 15) is 4.79 Å². The number of anilines is 1. The topological polar surface area (TPSA) is 50.8 Å². The smallest absolute Gasteiger partial charge is 0.257 e. The summed E-state index contributed by atoms with van der Waals surface area (Å²) < 4.78 is 12.6. The maximum absolute atomic E-state index is 13.7. The molecule has 1 amide bonds. The molecule has 1 atom stereocenters. The number of para-hydroxylation sites is 1. The maximum atomic E-state index is 13.7. The van der Waals surface area contributed by atoms with E-state index in [0.717, 1.165) is 22.4 Å². The molecule has 5 rings (SSSR count). The number of fused-ring (bicyclic) bond motifs is 1. The SMILES string of the molecule is CC(C)c1cccc(C(=O)N2CCOCC2)c1OC1(Cc2cccc(Cl)c2)CNc2cc(Cl)ccc21. The van der Waals surface area contributed by atoms with Crippen LogP contribution in [0.5, 0.6) is 5.75 Å². The lowest BCUT2D eigenvalue weighted by Gasteiger charge is -2.34. The molecule has 2 heterocycles. The van der Waals surface area contributed by atoms with Gasteiger partial charge < -0.3 is 19.7 Å². The quantitative estimate of drug-likeness (QED) is 0.398. The summed E-state index contributed by atoms with van der Waals surface area (Å²) in [6.07, 6.45) is 0.576. The molecule has 0 saturated carbocycles. The Labute approximate surface area is 222 Å². The molecular weight excluding hydrogens is 495 g/mol. The van der Waals surface area contributed by atoms with Crippen molar-refractivity contribution < 1.29 is 14.3 Å². The van der Waals surface area contributed by atoms with Crippen LogP contribution in [0, 0.1) is 0 Å². The van der Waals surface area contributed by atoms with E-state index < -0.39 is 5.60 Å². The van der Waals surface area contributed by atoms with Gasteiger partial charge in [-0.3, -0.25) is 4.79 Å². The molecule has 0 radical (unpaired) electrons. The molecule has 3 aromatic carbocycles. The van der Waals surface area contributed by atoms with Crippen LogP contribution in [0.15, 0.2) is 60.7 Å². The molecule has 0 aliphatic carbocycles. The lowest BCUT2D eigenvalue weighted by Crippen LogP contribution is -2.42. The Hall–Kier alpha value is -2.73. The highest BCUT2D eigenvalue weighted by Crippen LogP contribution is 2.45. The number of nitrogens with zero attached hydrogens (tertiary/aromatic N) is 1. The molecule has 0 spiro atoms. The third kappa shape index (κ3) is 4.93. The third-order valence-corrected chi connectivity index (χ3v) is 7.38. The van der Waals surface area contributed by atoms with Crippen molar-refractivity contribution in [3.63, 3.8) is 0 Å². The van der Waals surface area contributed by atoms with Gasteiger partial charge in [0.05, 0.1) is 25.3 Å². The van der Waals surface area contributed by atoms with Gasteiger partial charge in [-0.15, -0.1) is 0 Å². The van der Waals surface area contributed by atoms with Gasteiger partial charge in [-0.2, -0.15) is 0 Å². The number of ether oxygens (including phenoxy) is 2. The van der Waals surface area contributed by atoms with Crippen LogP contribution in [0.1, 0.15) is 46.8 Å². The number of rotatable bonds is 6. The zero-order valence-corrected chi connectivity index (χ0v) is 22.0. The molecule has 3 aromatic rings. The third-order valence-electron chi connectivity index (χ3n) is 6.91. The van der Waals surface area contributed by atoms with E-state index in [2.05, 4.69) is 25.2 Å². The lowest BCUT2D eigenvalue weighted by molar-refractivity contribution is 0.0291. The van der Waals surface area contributed by atoms with Crippen molar-refractivity contribution in [3.05, 3.63) is 93.0 Å². The first-order chi connectivity index (χ1) is 17.4. The highest BCUT2D eigenvalue weighted by Gasteiger charge is 2.43. The van der Waals surface area contributed by atoms with Crippen molar-refractivity contribution in [2.24, 2.45) is 0 Å². The van der Waals surface area contributed by atoms with Crippen LogP contribution in [-0.4, -0.2) is 43.7 Å². The predicted octanol–water partition coefficient (Wildman–Crippen LogP) is 6.53. The minimum atomic E-state index is -0.754. The van der Waals surface area contributed by atoms with Crippen LogP contribution in [0.25, 0.3) is 0 Å². The number of amides is 1. The standard InChI is InChI=1S/C29H30Cl2N2O3/c1-19(2)23-7-4-8-24(28(34)33-11-13-35-14-12-33)27(23)36-29(17-20-5-3-6-21(30)15-20)18-32-26-16-22(31)9-10-25(26)29/h3-10,15-16,19,32H,11-14,17-18H2,1-2H3. The van der Waals surface area contributed by atoms with E-state index >= 15 is 0 Å². The van der Waals surface area contributed by atoms with Gasteiger partial charge in [-0.25, -0.2) is 0 Å². The molecule has 0 bridgehead atoms. The maximum Gasteiger partial charge on any atom is 0.257 e. The summed E-state index contributed by atoms with van der Waals surface area (Å²) in [5.74, 6) is 0.770. The summed E-state index contributed by atoms with van der Waals surface area (Å²) in [4.78, 5) is 15.6. The second-order valence-electron chi connectivity index (χ2n) is 9.73. The molecule has 1 saturated heterocycles. The first kappa shape index (κ1) is 24.9. The molecule has 36 heavy (non-hydrogen) atoms. The van der Waals surface area contributed by atoms with Gasteiger partial charge >= 0.3 is 0 Å². The number of halogens is 2. The normalized spacial score (nSPS) is 19.2. The van der Waals surface area contributed by atoms with Gasteiger partial charge in [0.15, 0.2) is 5.60 Å². The fraction of sp³-hybridized carbons (Fsp3) is 0.345. The highest BCUT2D eigenvalue weighted by molar-refractivity contribution is 6.31. The van der Waals surface area contributed by atoms with E-state index in [0.29, 0.717) is 60.6 Å². The van der Waals surface area contributed by atoms with Crippen molar-refractivity contribution in [2.45, 2.75) is 31.8 Å². The predicted molar refractivity (Wildman–Crippen MR) is 145 cm³/mol. The Bertz CT molecular complexity index is 1270. The highest BCUT2D eigenvalue weighted by atomic mass is 35.5. The molecule has 7 heteroatoms. The number of nitrogens with one attached hydrogen (secondary N) is 1. The molecular formula is C29H30Cl2N2O3. The Morgan fingerprint density at radius 2 is 1.81 bits per heavy atom. The Morgan fingerprint density at radius 1 is 1.06 bits per heavy atom. The van der Waals surface area contributed by atoms with Crippen LogP contribution in [0.2, 0.25) is 10.0 Å². The lowest BCUT2D eigenvalue weighted by atomic mass is 9.88. The summed E-state index contributed by atoms with van der Waals surface area (Å²) in [6.45, 7) is 7.00. The minimum Gasteiger partial charge on any atom is -0.479 e. The molecule has 5 nitrogen and oxygen atoms in total. The molecule has 2 aliphatic rings.